The van der Waals surface area contributed by atoms with Crippen molar-refractivity contribution < 1.29 is 0 Å². The minimum Gasteiger partial charge on any atom is -0.370 e. The zero-order chi connectivity index (χ0) is 13.3. The van der Waals surface area contributed by atoms with E-state index in [1.807, 2.05) is 0 Å². The molecule has 0 aromatic carbocycles. The third kappa shape index (κ3) is 4.48. The van der Waals surface area contributed by atoms with Gasteiger partial charge in [0.05, 0.1) is 0 Å². The monoisotopic (exact) mass is 261 g/mol. The Hall–Kier alpha value is -1.12. The van der Waals surface area contributed by atoms with Crippen molar-refractivity contribution in [3.63, 3.8) is 0 Å². The second-order valence-electron chi connectivity index (χ2n) is 5.55. The molecule has 0 bridgehead atoms. The summed E-state index contributed by atoms with van der Waals surface area (Å²) in [6, 6.07) is 0. The fourth-order valence-electron chi connectivity index (χ4n) is 2.79. The Morgan fingerprint density at radius 2 is 1.79 bits per heavy atom. The number of hydrogen-bond donors (Lipinski definition) is 1. The number of aromatic nitrogens is 2. The predicted octanol–water partition coefficient (Wildman–Crippen LogP) is 4.13. The molecule has 19 heavy (non-hydrogen) atoms. The summed E-state index contributed by atoms with van der Waals surface area (Å²) >= 11 is 0. The molecule has 1 aromatic rings. The fraction of sp³-hybridized carbons (Fsp3) is 0.750. The van der Waals surface area contributed by atoms with Crippen LogP contribution in [0.15, 0.2) is 6.33 Å². The van der Waals surface area contributed by atoms with E-state index < -0.39 is 0 Å². The van der Waals surface area contributed by atoms with Crippen molar-refractivity contribution in [2.24, 2.45) is 0 Å². The van der Waals surface area contributed by atoms with Crippen LogP contribution in [-0.4, -0.2) is 16.5 Å². The SMILES string of the molecule is CCCCCCCCNc1ncnc2c1CCCC2. The van der Waals surface area contributed by atoms with E-state index in [0.29, 0.717) is 0 Å². The van der Waals surface area contributed by atoms with Crippen LogP contribution in [0, 0.1) is 0 Å². The number of nitrogens with one attached hydrogen (secondary N) is 1. The van der Waals surface area contributed by atoms with E-state index in [-0.39, 0.29) is 0 Å². The normalized spacial score (nSPS) is 14.2. The number of anilines is 1. The van der Waals surface area contributed by atoms with Crippen LogP contribution in [0.3, 0.4) is 0 Å². The second-order valence-corrected chi connectivity index (χ2v) is 5.55. The molecule has 3 heteroatoms. The first-order valence-corrected chi connectivity index (χ1v) is 7.98. The standard InChI is InChI=1S/C16H27N3/c1-2-3-4-5-6-9-12-17-16-14-10-7-8-11-15(14)18-13-19-16/h13H,2-12H2,1H3,(H,17,18,19). The molecule has 0 saturated carbocycles. The molecular formula is C16H27N3. The third-order valence-electron chi connectivity index (χ3n) is 3.95. The van der Waals surface area contributed by atoms with E-state index in [1.165, 1.54) is 62.6 Å². The molecule has 1 N–H and O–H groups in total. The maximum Gasteiger partial charge on any atom is 0.132 e. The number of fused-ring (bicyclic) bond motifs is 1. The smallest absolute Gasteiger partial charge is 0.132 e. The Kier molecular flexibility index (Phi) is 6.12. The highest BCUT2D eigenvalue weighted by Crippen LogP contribution is 2.24. The molecule has 1 aliphatic rings. The molecule has 0 radical (unpaired) electrons. The minimum absolute atomic E-state index is 1.05. The van der Waals surface area contributed by atoms with Crippen molar-refractivity contribution in [3.8, 4) is 0 Å². The van der Waals surface area contributed by atoms with Gasteiger partial charge in [-0.3, -0.25) is 0 Å². The zero-order valence-corrected chi connectivity index (χ0v) is 12.2. The molecular weight excluding hydrogens is 234 g/mol. The van der Waals surface area contributed by atoms with Crippen molar-refractivity contribution >= 4 is 5.82 Å². The van der Waals surface area contributed by atoms with Crippen LogP contribution in [-0.2, 0) is 12.8 Å². The highest BCUT2D eigenvalue weighted by Gasteiger charge is 2.14. The van der Waals surface area contributed by atoms with Gasteiger partial charge in [-0.15, -0.1) is 0 Å². The highest BCUT2D eigenvalue weighted by molar-refractivity contribution is 5.46. The average Bonchev–Trinajstić information content (AvgIpc) is 2.46. The van der Waals surface area contributed by atoms with E-state index >= 15 is 0 Å². The molecule has 1 aromatic heterocycles. The Morgan fingerprint density at radius 3 is 2.68 bits per heavy atom. The van der Waals surface area contributed by atoms with Gasteiger partial charge < -0.3 is 5.32 Å². The lowest BCUT2D eigenvalue weighted by atomic mass is 9.96. The Labute approximate surface area is 117 Å². The molecule has 0 amide bonds. The quantitative estimate of drug-likeness (QED) is 0.715. The number of rotatable bonds is 8. The molecule has 0 saturated heterocycles. The molecule has 1 aliphatic carbocycles. The molecule has 2 rings (SSSR count). The summed E-state index contributed by atoms with van der Waals surface area (Å²) in [5.74, 6) is 1.10. The van der Waals surface area contributed by atoms with Crippen LogP contribution in [0.1, 0.15) is 69.5 Å². The lowest BCUT2D eigenvalue weighted by molar-refractivity contribution is 0.615. The van der Waals surface area contributed by atoms with Crippen LogP contribution >= 0.6 is 0 Å². The van der Waals surface area contributed by atoms with Crippen LogP contribution < -0.4 is 5.32 Å². The van der Waals surface area contributed by atoms with Crippen LogP contribution in [0.25, 0.3) is 0 Å². The first-order chi connectivity index (χ1) is 9.42. The van der Waals surface area contributed by atoms with Gasteiger partial charge >= 0.3 is 0 Å². The number of aryl methyl sites for hydroxylation is 1. The van der Waals surface area contributed by atoms with E-state index in [0.717, 1.165) is 25.2 Å². The average molecular weight is 261 g/mol. The van der Waals surface area contributed by atoms with Crippen molar-refractivity contribution in [1.82, 2.24) is 9.97 Å². The summed E-state index contributed by atoms with van der Waals surface area (Å²) in [5.41, 5.74) is 2.64. The van der Waals surface area contributed by atoms with Gasteiger partial charge in [0.15, 0.2) is 0 Å². The maximum absolute atomic E-state index is 4.42. The highest BCUT2D eigenvalue weighted by atomic mass is 15.0. The summed E-state index contributed by atoms with van der Waals surface area (Å²) in [6.07, 6.45) is 14.6. The number of unbranched alkanes of at least 4 members (excludes halogenated alkanes) is 5. The minimum atomic E-state index is 1.05. The predicted molar refractivity (Wildman–Crippen MR) is 80.5 cm³/mol. The van der Waals surface area contributed by atoms with Gasteiger partial charge in [-0.05, 0) is 32.1 Å². The Balaban J connectivity index is 1.71. The molecule has 0 aliphatic heterocycles. The third-order valence-corrected chi connectivity index (χ3v) is 3.95. The number of hydrogen-bond acceptors (Lipinski definition) is 3. The fourth-order valence-corrected chi connectivity index (χ4v) is 2.79. The summed E-state index contributed by atoms with van der Waals surface area (Å²) in [5, 5.41) is 3.51. The van der Waals surface area contributed by atoms with Crippen molar-refractivity contribution in [2.45, 2.75) is 71.1 Å². The second kappa shape index (κ2) is 8.13. The Bertz CT molecular complexity index is 376. The van der Waals surface area contributed by atoms with Crippen molar-refractivity contribution in [3.05, 3.63) is 17.6 Å². The van der Waals surface area contributed by atoms with Gasteiger partial charge in [0.2, 0.25) is 0 Å². The van der Waals surface area contributed by atoms with E-state index in [2.05, 4.69) is 22.2 Å². The van der Waals surface area contributed by atoms with Gasteiger partial charge in [-0.25, -0.2) is 9.97 Å². The van der Waals surface area contributed by atoms with Crippen molar-refractivity contribution in [1.29, 1.82) is 0 Å². The topological polar surface area (TPSA) is 37.8 Å². The van der Waals surface area contributed by atoms with E-state index in [4.69, 9.17) is 0 Å². The molecule has 0 fully saturated rings. The lowest BCUT2D eigenvalue weighted by Gasteiger charge is -2.17. The van der Waals surface area contributed by atoms with E-state index in [9.17, 15) is 0 Å². The first kappa shape index (κ1) is 14.3. The summed E-state index contributed by atoms with van der Waals surface area (Å²) in [4.78, 5) is 8.82. The van der Waals surface area contributed by atoms with Gasteiger partial charge in [-0.1, -0.05) is 39.0 Å². The summed E-state index contributed by atoms with van der Waals surface area (Å²) in [6.45, 7) is 3.31. The van der Waals surface area contributed by atoms with Gasteiger partial charge in [0, 0.05) is 17.8 Å². The molecule has 0 spiro atoms. The molecule has 0 atom stereocenters. The maximum atomic E-state index is 4.42. The molecule has 106 valence electrons. The molecule has 3 nitrogen and oxygen atoms in total. The van der Waals surface area contributed by atoms with Crippen LogP contribution in [0.5, 0.6) is 0 Å². The van der Waals surface area contributed by atoms with E-state index in [1.54, 1.807) is 6.33 Å². The molecule has 1 heterocycles. The summed E-state index contributed by atoms with van der Waals surface area (Å²) in [7, 11) is 0. The zero-order valence-electron chi connectivity index (χ0n) is 12.2. The lowest BCUT2D eigenvalue weighted by Crippen LogP contribution is -2.12. The van der Waals surface area contributed by atoms with Gasteiger partial charge in [0.25, 0.3) is 0 Å². The number of nitrogens with zero attached hydrogens (tertiary/aromatic N) is 2. The largest absolute Gasteiger partial charge is 0.370 e. The summed E-state index contributed by atoms with van der Waals surface area (Å²) < 4.78 is 0. The van der Waals surface area contributed by atoms with Gasteiger partial charge in [0.1, 0.15) is 12.1 Å². The first-order valence-electron chi connectivity index (χ1n) is 7.98. The van der Waals surface area contributed by atoms with Crippen LogP contribution in [0.2, 0.25) is 0 Å². The van der Waals surface area contributed by atoms with Crippen LogP contribution in [0.4, 0.5) is 5.82 Å². The van der Waals surface area contributed by atoms with Gasteiger partial charge in [-0.2, -0.15) is 0 Å². The Morgan fingerprint density at radius 1 is 1.00 bits per heavy atom. The molecule has 0 unspecified atom stereocenters. The van der Waals surface area contributed by atoms with Crippen molar-refractivity contribution in [2.75, 3.05) is 11.9 Å².